The number of nitrogens with zero attached hydrogens (tertiary/aromatic N) is 1. The molecule has 0 atom stereocenters. The molecule has 0 aliphatic rings. The van der Waals surface area contributed by atoms with Gasteiger partial charge in [-0.05, 0) is 40.8 Å². The molecular weight excluding hydrogens is 321 g/mol. The number of hydrogen-bond acceptors (Lipinski definition) is 2. The van der Waals surface area contributed by atoms with Crippen LogP contribution in [0.1, 0.15) is 0 Å². The van der Waals surface area contributed by atoms with Crippen molar-refractivity contribution in [3.63, 3.8) is 0 Å². The lowest BCUT2D eigenvalue weighted by Gasteiger charge is -1.87. The van der Waals surface area contributed by atoms with Crippen LogP contribution in [-0.2, 0) is 0 Å². The fourth-order valence-electron chi connectivity index (χ4n) is 0.881. The van der Waals surface area contributed by atoms with Crippen molar-refractivity contribution in [2.24, 2.45) is 0 Å². The van der Waals surface area contributed by atoms with Crippen LogP contribution >= 0.6 is 38.5 Å². The van der Waals surface area contributed by atoms with Gasteiger partial charge in [0.25, 0.3) is 0 Å². The molecule has 2 nitrogen and oxygen atoms in total. The minimum atomic E-state index is 0.831. The first-order valence-corrected chi connectivity index (χ1v) is 4.85. The Labute approximate surface area is 85.2 Å². The van der Waals surface area contributed by atoms with Gasteiger partial charge in [0.2, 0.25) is 0 Å². The molecule has 0 saturated heterocycles. The molecule has 0 spiro atoms. The van der Waals surface area contributed by atoms with E-state index in [1.165, 1.54) is 0 Å². The van der Waals surface area contributed by atoms with Crippen LogP contribution in [0, 0.1) is 3.70 Å². The summed E-state index contributed by atoms with van der Waals surface area (Å²) in [6.45, 7) is 0. The maximum absolute atomic E-state index is 5.03. The SMILES string of the molecule is Brc1ccc2onc(I)c2c1. The molecule has 4 heteroatoms. The van der Waals surface area contributed by atoms with Gasteiger partial charge in [-0.15, -0.1) is 0 Å². The maximum Gasteiger partial charge on any atom is 0.168 e. The third kappa shape index (κ3) is 1.29. The van der Waals surface area contributed by atoms with E-state index in [9.17, 15) is 0 Å². The number of halogens is 2. The first-order valence-electron chi connectivity index (χ1n) is 2.98. The summed E-state index contributed by atoms with van der Waals surface area (Å²) >= 11 is 5.52. The van der Waals surface area contributed by atoms with Crippen molar-refractivity contribution in [3.05, 3.63) is 26.4 Å². The van der Waals surface area contributed by atoms with Crippen LogP contribution in [0.2, 0.25) is 0 Å². The van der Waals surface area contributed by atoms with Gasteiger partial charge in [-0.2, -0.15) is 0 Å². The lowest BCUT2D eigenvalue weighted by Crippen LogP contribution is -1.68. The highest BCUT2D eigenvalue weighted by molar-refractivity contribution is 14.1. The standard InChI is InChI=1S/C7H3BrINO/c8-4-1-2-6-5(3-4)7(9)10-11-6/h1-3H. The number of benzene rings is 1. The summed E-state index contributed by atoms with van der Waals surface area (Å²) in [5, 5.41) is 4.88. The molecular formula is C7H3BrINO. The van der Waals surface area contributed by atoms with Crippen LogP contribution in [0.5, 0.6) is 0 Å². The van der Waals surface area contributed by atoms with E-state index < -0.39 is 0 Å². The summed E-state index contributed by atoms with van der Waals surface area (Å²) in [5.74, 6) is 0. The molecule has 1 aromatic heterocycles. The summed E-state index contributed by atoms with van der Waals surface area (Å²) in [5.41, 5.74) is 0.831. The van der Waals surface area contributed by atoms with Crippen molar-refractivity contribution in [1.29, 1.82) is 0 Å². The predicted octanol–water partition coefficient (Wildman–Crippen LogP) is 3.19. The molecule has 0 bridgehead atoms. The second kappa shape index (κ2) is 2.75. The smallest absolute Gasteiger partial charge is 0.168 e. The van der Waals surface area contributed by atoms with E-state index in [2.05, 4.69) is 43.7 Å². The molecule has 11 heavy (non-hydrogen) atoms. The largest absolute Gasteiger partial charge is 0.355 e. The Bertz CT molecular complexity index is 398. The molecule has 0 N–H and O–H groups in total. The molecule has 2 aromatic rings. The van der Waals surface area contributed by atoms with Crippen LogP contribution in [0.25, 0.3) is 11.0 Å². The van der Waals surface area contributed by atoms with Crippen LogP contribution in [-0.4, -0.2) is 5.16 Å². The van der Waals surface area contributed by atoms with Crippen molar-refractivity contribution in [3.8, 4) is 0 Å². The van der Waals surface area contributed by atoms with Crippen molar-refractivity contribution in [2.75, 3.05) is 0 Å². The number of aromatic nitrogens is 1. The molecule has 0 fully saturated rings. The zero-order valence-electron chi connectivity index (χ0n) is 5.34. The van der Waals surface area contributed by atoms with Gasteiger partial charge in [0.1, 0.15) is 0 Å². The first-order chi connectivity index (χ1) is 5.27. The topological polar surface area (TPSA) is 26.0 Å². The van der Waals surface area contributed by atoms with Gasteiger partial charge in [-0.25, -0.2) is 0 Å². The minimum absolute atomic E-state index is 0.831. The van der Waals surface area contributed by atoms with Crippen LogP contribution < -0.4 is 0 Å². The first kappa shape index (κ1) is 7.54. The molecule has 0 radical (unpaired) electrons. The third-order valence-electron chi connectivity index (χ3n) is 1.39. The second-order valence-electron chi connectivity index (χ2n) is 2.11. The summed E-state index contributed by atoms with van der Waals surface area (Å²) in [7, 11) is 0. The Hall–Kier alpha value is -0.100. The Kier molecular flexibility index (Phi) is 1.88. The van der Waals surface area contributed by atoms with Gasteiger partial charge in [0, 0.05) is 4.47 Å². The van der Waals surface area contributed by atoms with Gasteiger partial charge in [-0.3, -0.25) is 0 Å². The van der Waals surface area contributed by atoms with Crippen LogP contribution in [0.4, 0.5) is 0 Å². The average Bonchev–Trinajstić information content (AvgIpc) is 2.33. The Balaban J connectivity index is 2.87. The molecule has 0 aliphatic carbocycles. The highest BCUT2D eigenvalue weighted by Crippen LogP contribution is 2.23. The Morgan fingerprint density at radius 1 is 1.45 bits per heavy atom. The van der Waals surface area contributed by atoms with E-state index in [-0.39, 0.29) is 0 Å². The lowest BCUT2D eigenvalue weighted by molar-refractivity contribution is 0.451. The van der Waals surface area contributed by atoms with Gasteiger partial charge in [-0.1, -0.05) is 21.1 Å². The highest BCUT2D eigenvalue weighted by atomic mass is 127. The summed E-state index contributed by atoms with van der Waals surface area (Å²) < 4.78 is 6.97. The van der Waals surface area contributed by atoms with Gasteiger partial charge in [0.05, 0.1) is 5.39 Å². The van der Waals surface area contributed by atoms with Crippen molar-refractivity contribution in [2.45, 2.75) is 0 Å². The molecule has 1 aromatic carbocycles. The number of hydrogen-bond donors (Lipinski definition) is 0. The number of rotatable bonds is 0. The summed E-state index contributed by atoms with van der Waals surface area (Å²) in [4.78, 5) is 0. The molecule has 0 amide bonds. The second-order valence-corrected chi connectivity index (χ2v) is 4.05. The summed E-state index contributed by atoms with van der Waals surface area (Å²) in [6.07, 6.45) is 0. The molecule has 0 saturated carbocycles. The average molecular weight is 324 g/mol. The Morgan fingerprint density at radius 2 is 2.27 bits per heavy atom. The van der Waals surface area contributed by atoms with Crippen LogP contribution in [0.15, 0.2) is 27.2 Å². The summed E-state index contributed by atoms with van der Waals surface area (Å²) in [6, 6.07) is 5.83. The van der Waals surface area contributed by atoms with E-state index in [0.29, 0.717) is 0 Å². The molecule has 1 heterocycles. The quantitative estimate of drug-likeness (QED) is 0.696. The van der Waals surface area contributed by atoms with E-state index >= 15 is 0 Å². The van der Waals surface area contributed by atoms with E-state index in [0.717, 1.165) is 19.1 Å². The zero-order chi connectivity index (χ0) is 7.84. The highest BCUT2D eigenvalue weighted by Gasteiger charge is 2.03. The third-order valence-corrected chi connectivity index (χ3v) is 2.66. The molecule has 56 valence electrons. The van der Waals surface area contributed by atoms with Crippen molar-refractivity contribution >= 4 is 49.5 Å². The fraction of sp³-hybridized carbons (Fsp3) is 0. The van der Waals surface area contributed by atoms with Crippen molar-refractivity contribution in [1.82, 2.24) is 5.16 Å². The molecule has 2 rings (SSSR count). The fourth-order valence-corrected chi connectivity index (χ4v) is 1.76. The monoisotopic (exact) mass is 323 g/mol. The van der Waals surface area contributed by atoms with Crippen molar-refractivity contribution < 1.29 is 4.52 Å². The normalized spacial score (nSPS) is 10.7. The molecule has 0 aliphatic heterocycles. The molecule has 0 unspecified atom stereocenters. The van der Waals surface area contributed by atoms with Gasteiger partial charge < -0.3 is 4.52 Å². The zero-order valence-corrected chi connectivity index (χ0v) is 9.09. The van der Waals surface area contributed by atoms with E-state index in [1.807, 2.05) is 18.2 Å². The predicted molar refractivity (Wildman–Crippen MR) is 54.4 cm³/mol. The lowest BCUT2D eigenvalue weighted by atomic mass is 10.3. The number of fused-ring (bicyclic) bond motifs is 1. The minimum Gasteiger partial charge on any atom is -0.355 e. The maximum atomic E-state index is 5.03. The Morgan fingerprint density at radius 3 is 3.09 bits per heavy atom. The van der Waals surface area contributed by atoms with Crippen LogP contribution in [0.3, 0.4) is 0 Å². The van der Waals surface area contributed by atoms with Gasteiger partial charge in [0.15, 0.2) is 9.28 Å². The van der Waals surface area contributed by atoms with E-state index in [1.54, 1.807) is 0 Å². The van der Waals surface area contributed by atoms with Gasteiger partial charge >= 0.3 is 0 Å². The van der Waals surface area contributed by atoms with E-state index in [4.69, 9.17) is 4.52 Å².